The highest BCUT2D eigenvalue weighted by Gasteiger charge is 2.45. The number of nitrogens with one attached hydrogen (secondary N) is 4. The molecule has 18 nitrogen and oxygen atoms in total. The number of nitrogens with two attached hydrogens (primary N) is 1. The Morgan fingerprint density at radius 2 is 1.79 bits per heavy atom. The van der Waals surface area contributed by atoms with Gasteiger partial charge in [0, 0.05) is 30.5 Å². The summed E-state index contributed by atoms with van der Waals surface area (Å²) in [5, 5.41) is 43.3. The van der Waals surface area contributed by atoms with Gasteiger partial charge in [0.15, 0.2) is 0 Å². The van der Waals surface area contributed by atoms with Gasteiger partial charge in [0.25, 0.3) is 11.8 Å². The number of carbonyl (C=O) groups excluding carboxylic acids is 5. The van der Waals surface area contributed by atoms with Crippen LogP contribution in [0.15, 0.2) is 30.6 Å². The minimum Gasteiger partial charge on any atom is -0.465 e. The van der Waals surface area contributed by atoms with Crippen LogP contribution in [0.3, 0.4) is 0 Å². The molecule has 18 heteroatoms. The molecule has 53 heavy (non-hydrogen) atoms. The Morgan fingerprint density at radius 1 is 1.04 bits per heavy atom. The number of aromatic amines is 1. The van der Waals surface area contributed by atoms with Crippen LogP contribution in [0.2, 0.25) is 0 Å². The largest absolute Gasteiger partial charge is 0.465 e. The number of likely N-dealkylation sites (tertiary alicyclic amines) is 1. The van der Waals surface area contributed by atoms with Gasteiger partial charge in [0.05, 0.1) is 35.7 Å². The number of hydrogen-bond donors (Lipinski definition) is 7. The Kier molecular flexibility index (Phi) is 12.4. The van der Waals surface area contributed by atoms with Crippen molar-refractivity contribution in [2.24, 2.45) is 11.7 Å². The first-order valence-corrected chi connectivity index (χ1v) is 18.0. The van der Waals surface area contributed by atoms with E-state index in [4.69, 9.17) is 10.8 Å². The number of carbonyl (C=O) groups is 6. The van der Waals surface area contributed by atoms with Gasteiger partial charge in [0.1, 0.15) is 17.7 Å². The minimum atomic E-state index is -1.36. The third kappa shape index (κ3) is 9.74. The van der Waals surface area contributed by atoms with E-state index < -0.39 is 65.3 Å². The highest BCUT2D eigenvalue weighted by Crippen LogP contribution is 2.33. The average Bonchev–Trinajstić information content (AvgIpc) is 3.90. The van der Waals surface area contributed by atoms with Crippen molar-refractivity contribution in [3.63, 3.8) is 0 Å². The Bertz CT molecular complexity index is 1810. The summed E-state index contributed by atoms with van der Waals surface area (Å²) in [5.74, 6) is -3.83. The summed E-state index contributed by atoms with van der Waals surface area (Å²) < 4.78 is 1.48. The summed E-state index contributed by atoms with van der Waals surface area (Å²) in [6.07, 6.45) is 7.65. The molecule has 0 bridgehead atoms. The SMILES string of the molecule is CC(C)(O)c1cnnn1[C@H]1C[C@@H](C(=O)NC(CCCCNC(=O)O)C(=O)C(N)=O)N(C(=O)[C@@H](CC2CCCCC2)NC(=O)c2ccc3cn[nH]c3c2)C1. The van der Waals surface area contributed by atoms with Crippen molar-refractivity contribution in [1.82, 2.24) is 46.0 Å². The van der Waals surface area contributed by atoms with E-state index in [1.807, 2.05) is 0 Å². The van der Waals surface area contributed by atoms with Crippen LogP contribution in [-0.4, -0.2) is 107 Å². The van der Waals surface area contributed by atoms with Gasteiger partial charge in [-0.05, 0) is 57.6 Å². The number of aromatic nitrogens is 5. The summed E-state index contributed by atoms with van der Waals surface area (Å²) in [4.78, 5) is 79.6. The molecule has 1 aliphatic heterocycles. The van der Waals surface area contributed by atoms with E-state index in [2.05, 4.69) is 36.5 Å². The Labute approximate surface area is 305 Å². The molecule has 5 rings (SSSR count). The second-order valence-electron chi connectivity index (χ2n) is 14.5. The Balaban J connectivity index is 1.43. The molecule has 1 aromatic carbocycles. The van der Waals surface area contributed by atoms with E-state index in [1.54, 1.807) is 38.2 Å². The molecule has 286 valence electrons. The van der Waals surface area contributed by atoms with E-state index in [0.717, 1.165) is 37.5 Å². The number of benzene rings is 1. The van der Waals surface area contributed by atoms with E-state index in [-0.39, 0.29) is 38.3 Å². The molecule has 3 heterocycles. The highest BCUT2D eigenvalue weighted by atomic mass is 16.4. The number of amides is 5. The molecule has 0 spiro atoms. The number of aliphatic hydroxyl groups is 1. The predicted molar refractivity (Wildman–Crippen MR) is 189 cm³/mol. The molecule has 1 aliphatic carbocycles. The second kappa shape index (κ2) is 17.0. The maximum atomic E-state index is 14.7. The Morgan fingerprint density at radius 3 is 2.49 bits per heavy atom. The molecule has 2 aromatic heterocycles. The van der Waals surface area contributed by atoms with Crippen LogP contribution in [0.5, 0.6) is 0 Å². The van der Waals surface area contributed by atoms with Gasteiger partial charge < -0.3 is 36.8 Å². The molecule has 5 amide bonds. The van der Waals surface area contributed by atoms with E-state index >= 15 is 0 Å². The van der Waals surface area contributed by atoms with Crippen molar-refractivity contribution in [3.8, 4) is 0 Å². The number of rotatable bonds is 16. The molecule has 1 saturated heterocycles. The normalized spacial score (nSPS) is 19.0. The topological polar surface area (TPSA) is 268 Å². The third-order valence-corrected chi connectivity index (χ3v) is 10.1. The lowest BCUT2D eigenvalue weighted by atomic mass is 9.84. The van der Waals surface area contributed by atoms with Crippen molar-refractivity contribution in [2.75, 3.05) is 13.1 Å². The molecule has 2 aliphatic rings. The van der Waals surface area contributed by atoms with E-state index in [1.165, 1.54) is 15.8 Å². The summed E-state index contributed by atoms with van der Waals surface area (Å²) in [5.41, 5.74) is 5.29. The first-order chi connectivity index (χ1) is 25.2. The zero-order valence-corrected chi connectivity index (χ0v) is 29.9. The van der Waals surface area contributed by atoms with Crippen LogP contribution in [0.4, 0.5) is 4.79 Å². The minimum absolute atomic E-state index is 0.00806. The number of H-pyrrole nitrogens is 1. The van der Waals surface area contributed by atoms with Crippen LogP contribution in [0.25, 0.3) is 10.9 Å². The molecular formula is C35H48N10O8. The first kappa shape index (κ1) is 38.8. The van der Waals surface area contributed by atoms with Crippen LogP contribution in [0.1, 0.15) is 100 Å². The van der Waals surface area contributed by atoms with Gasteiger partial charge in [-0.2, -0.15) is 5.10 Å². The number of Topliss-reactive ketones (excluding diaryl/α,β-unsaturated/α-hetero) is 1. The average molecular weight is 737 g/mol. The number of unbranched alkanes of at least 4 members (excludes halogenated alkanes) is 1. The number of primary amides is 1. The van der Waals surface area contributed by atoms with Crippen molar-refractivity contribution >= 4 is 46.4 Å². The lowest BCUT2D eigenvalue weighted by Crippen LogP contribution is -2.56. The summed E-state index contributed by atoms with van der Waals surface area (Å²) in [6.45, 7) is 3.19. The fraction of sp³-hybridized carbons (Fsp3) is 0.571. The summed E-state index contributed by atoms with van der Waals surface area (Å²) in [7, 11) is 0. The summed E-state index contributed by atoms with van der Waals surface area (Å²) in [6, 6.07) is 0.921. The number of nitrogens with zero attached hydrogens (tertiary/aromatic N) is 5. The smallest absolute Gasteiger partial charge is 0.404 e. The third-order valence-electron chi connectivity index (χ3n) is 10.1. The van der Waals surface area contributed by atoms with Gasteiger partial charge in [-0.25, -0.2) is 9.48 Å². The van der Waals surface area contributed by atoms with Gasteiger partial charge in [0.2, 0.25) is 17.6 Å². The van der Waals surface area contributed by atoms with Crippen molar-refractivity contribution < 1.29 is 39.0 Å². The number of ketones is 1. The van der Waals surface area contributed by atoms with Crippen molar-refractivity contribution in [3.05, 3.63) is 41.9 Å². The first-order valence-electron chi connectivity index (χ1n) is 18.0. The van der Waals surface area contributed by atoms with Gasteiger partial charge >= 0.3 is 6.09 Å². The van der Waals surface area contributed by atoms with Gasteiger partial charge in [-0.3, -0.25) is 29.1 Å². The van der Waals surface area contributed by atoms with Crippen LogP contribution in [-0.2, 0) is 24.8 Å². The fourth-order valence-corrected chi connectivity index (χ4v) is 7.31. The summed E-state index contributed by atoms with van der Waals surface area (Å²) >= 11 is 0. The second-order valence-corrected chi connectivity index (χ2v) is 14.5. The van der Waals surface area contributed by atoms with E-state index in [9.17, 15) is 33.9 Å². The molecule has 1 saturated carbocycles. The maximum Gasteiger partial charge on any atom is 0.404 e. The lowest BCUT2D eigenvalue weighted by molar-refractivity contribution is -0.142. The molecule has 2 fully saturated rings. The van der Waals surface area contributed by atoms with Gasteiger partial charge in [-0.15, -0.1) is 5.10 Å². The zero-order valence-electron chi connectivity index (χ0n) is 29.9. The van der Waals surface area contributed by atoms with Crippen LogP contribution in [0, 0.1) is 5.92 Å². The maximum absolute atomic E-state index is 14.7. The predicted octanol–water partition coefficient (Wildman–Crippen LogP) is 1.27. The zero-order chi connectivity index (χ0) is 38.3. The molecule has 1 unspecified atom stereocenters. The number of hydrogen-bond acceptors (Lipinski definition) is 10. The highest BCUT2D eigenvalue weighted by molar-refractivity contribution is 6.37. The van der Waals surface area contributed by atoms with Crippen LogP contribution >= 0.6 is 0 Å². The molecule has 3 aromatic rings. The molecule has 8 N–H and O–H groups in total. The Hall–Kier alpha value is -5.39. The number of carboxylic acid groups (broad SMARTS) is 1. The fourth-order valence-electron chi connectivity index (χ4n) is 7.31. The number of fused-ring (bicyclic) bond motifs is 1. The molecule has 0 radical (unpaired) electrons. The van der Waals surface area contributed by atoms with Gasteiger partial charge in [-0.1, -0.05) is 43.4 Å². The van der Waals surface area contributed by atoms with Crippen LogP contribution < -0.4 is 21.7 Å². The van der Waals surface area contributed by atoms with Crippen molar-refractivity contribution in [1.29, 1.82) is 0 Å². The molecule has 4 atom stereocenters. The standard InChI is InChI=1S/C35H48N10O8/c1-35(2,53)28-18-39-43-45(28)23-16-27(32(49)40-24(29(46)30(36)47)10-6-7-13-37-34(51)52)44(19-23)33(50)26(14-20-8-4-3-5-9-20)41-31(48)21-11-12-22-17-38-42-25(22)15-21/h11-12,15,17-18,20,23-24,26-27,37,53H,3-10,13-14,16,19H2,1-2H3,(H2,36,47)(H,38,42)(H,40,49)(H,41,48)(H,51,52)/t23-,24?,26+,27-/m0/s1. The lowest BCUT2D eigenvalue weighted by Gasteiger charge is -2.32. The molecular weight excluding hydrogens is 688 g/mol. The monoisotopic (exact) mass is 736 g/mol. The quantitative estimate of drug-likeness (QED) is 0.0813. The van der Waals surface area contributed by atoms with E-state index in [0.29, 0.717) is 29.6 Å². The van der Waals surface area contributed by atoms with Crippen molar-refractivity contribution in [2.45, 2.75) is 108 Å².